The van der Waals surface area contributed by atoms with Crippen LogP contribution >= 0.6 is 12.2 Å². The lowest BCUT2D eigenvalue weighted by Crippen LogP contribution is -2.41. The number of para-hydroxylation sites is 1. The van der Waals surface area contributed by atoms with Crippen LogP contribution < -0.4 is 15.0 Å². The Hall–Kier alpha value is -2.40. The Labute approximate surface area is 160 Å². The number of amides is 1. The van der Waals surface area contributed by atoms with Gasteiger partial charge in [0.05, 0.1) is 6.61 Å². The lowest BCUT2D eigenvalue weighted by molar-refractivity contribution is 0.0976. The van der Waals surface area contributed by atoms with Gasteiger partial charge in [-0.1, -0.05) is 38.1 Å². The Morgan fingerprint density at radius 1 is 1.23 bits per heavy atom. The van der Waals surface area contributed by atoms with Crippen molar-refractivity contribution in [3.63, 3.8) is 0 Å². The molecule has 136 valence electrons. The Balaban J connectivity index is 1.62. The van der Waals surface area contributed by atoms with Crippen molar-refractivity contribution < 1.29 is 9.53 Å². The van der Waals surface area contributed by atoms with E-state index in [1.54, 1.807) is 12.1 Å². The number of carbonyl (C=O) groups excluding carboxylic acids is 1. The molecule has 1 aliphatic rings. The van der Waals surface area contributed by atoms with Crippen LogP contribution in [0.15, 0.2) is 48.5 Å². The standard InChI is InChI=1S/C21H24N2O2S/c1-15(2)11-13-25-18-8-5-7-17(14-18)20(24)22-21(26)23-12-10-16-6-3-4-9-19(16)23/h3-9,14-15H,10-13H2,1-2H3,(H,22,24,26). The van der Waals surface area contributed by atoms with E-state index in [1.165, 1.54) is 5.56 Å². The molecule has 0 bridgehead atoms. The van der Waals surface area contributed by atoms with Crippen LogP contribution in [0.3, 0.4) is 0 Å². The summed E-state index contributed by atoms with van der Waals surface area (Å²) in [4.78, 5) is 14.6. The lowest BCUT2D eigenvalue weighted by Gasteiger charge is -2.20. The monoisotopic (exact) mass is 368 g/mol. The summed E-state index contributed by atoms with van der Waals surface area (Å²) >= 11 is 5.46. The van der Waals surface area contributed by atoms with Gasteiger partial charge in [0, 0.05) is 17.8 Å². The first kappa shape index (κ1) is 18.4. The molecule has 0 unspecified atom stereocenters. The van der Waals surface area contributed by atoms with Gasteiger partial charge in [-0.25, -0.2) is 0 Å². The zero-order valence-electron chi connectivity index (χ0n) is 15.2. The smallest absolute Gasteiger partial charge is 0.257 e. The SMILES string of the molecule is CC(C)CCOc1cccc(C(=O)NC(=S)N2CCc3ccccc32)c1. The van der Waals surface area contributed by atoms with Crippen molar-refractivity contribution in [2.45, 2.75) is 26.7 Å². The van der Waals surface area contributed by atoms with Gasteiger partial charge in [-0.2, -0.15) is 0 Å². The topological polar surface area (TPSA) is 41.6 Å². The molecule has 0 aromatic heterocycles. The van der Waals surface area contributed by atoms with Crippen molar-refractivity contribution in [3.8, 4) is 5.75 Å². The molecule has 0 saturated carbocycles. The van der Waals surface area contributed by atoms with Crippen molar-refractivity contribution in [1.82, 2.24) is 5.32 Å². The summed E-state index contributed by atoms with van der Waals surface area (Å²) in [6.07, 6.45) is 1.92. The number of hydrogen-bond donors (Lipinski definition) is 1. The first-order chi connectivity index (χ1) is 12.5. The van der Waals surface area contributed by atoms with Gasteiger partial charge in [-0.15, -0.1) is 0 Å². The highest BCUT2D eigenvalue weighted by atomic mass is 32.1. The highest BCUT2D eigenvalue weighted by Gasteiger charge is 2.23. The number of carbonyl (C=O) groups is 1. The van der Waals surface area contributed by atoms with Gasteiger partial charge >= 0.3 is 0 Å². The zero-order valence-corrected chi connectivity index (χ0v) is 16.0. The van der Waals surface area contributed by atoms with E-state index in [2.05, 4.69) is 25.2 Å². The van der Waals surface area contributed by atoms with Crippen molar-refractivity contribution >= 4 is 28.9 Å². The summed E-state index contributed by atoms with van der Waals surface area (Å²) in [6, 6.07) is 15.4. The van der Waals surface area contributed by atoms with Crippen LogP contribution in [-0.4, -0.2) is 24.2 Å². The van der Waals surface area contributed by atoms with E-state index in [0.717, 1.165) is 25.1 Å². The molecular weight excluding hydrogens is 344 g/mol. The summed E-state index contributed by atoms with van der Waals surface area (Å²) < 4.78 is 5.74. The van der Waals surface area contributed by atoms with Gasteiger partial charge < -0.3 is 9.64 Å². The fourth-order valence-corrected chi connectivity index (χ4v) is 3.21. The third kappa shape index (κ3) is 4.41. The lowest BCUT2D eigenvalue weighted by atomic mass is 10.1. The second-order valence-corrected chi connectivity index (χ2v) is 7.24. The Kier molecular flexibility index (Phi) is 5.89. The average Bonchev–Trinajstić information content (AvgIpc) is 3.06. The molecule has 2 aromatic carbocycles. The minimum atomic E-state index is -0.214. The highest BCUT2D eigenvalue weighted by molar-refractivity contribution is 7.80. The minimum absolute atomic E-state index is 0.214. The number of ether oxygens (including phenoxy) is 1. The number of hydrogen-bond acceptors (Lipinski definition) is 3. The molecular formula is C21H24N2O2S. The minimum Gasteiger partial charge on any atom is -0.494 e. The van der Waals surface area contributed by atoms with E-state index in [-0.39, 0.29) is 5.91 Å². The molecule has 2 aromatic rings. The normalized spacial score (nSPS) is 12.8. The van der Waals surface area contributed by atoms with Crippen molar-refractivity contribution in [2.24, 2.45) is 5.92 Å². The number of nitrogens with zero attached hydrogens (tertiary/aromatic N) is 1. The molecule has 1 amide bonds. The second kappa shape index (κ2) is 8.32. The van der Waals surface area contributed by atoms with Crippen molar-refractivity contribution in [3.05, 3.63) is 59.7 Å². The van der Waals surface area contributed by atoms with E-state index >= 15 is 0 Å². The van der Waals surface area contributed by atoms with Crippen LogP contribution in [0.1, 0.15) is 36.2 Å². The summed E-state index contributed by atoms with van der Waals surface area (Å²) in [5.74, 6) is 1.08. The third-order valence-electron chi connectivity index (χ3n) is 4.41. The average molecular weight is 369 g/mol. The molecule has 0 atom stereocenters. The molecule has 5 heteroatoms. The number of anilines is 1. The summed E-state index contributed by atoms with van der Waals surface area (Å²) in [5, 5.41) is 3.28. The zero-order chi connectivity index (χ0) is 18.5. The van der Waals surface area contributed by atoms with Crippen LogP contribution in [0.4, 0.5) is 5.69 Å². The predicted molar refractivity (Wildman–Crippen MR) is 109 cm³/mol. The number of fused-ring (bicyclic) bond motifs is 1. The fourth-order valence-electron chi connectivity index (χ4n) is 2.93. The Bertz CT molecular complexity index is 804. The van der Waals surface area contributed by atoms with Gasteiger partial charge in [0.2, 0.25) is 0 Å². The Morgan fingerprint density at radius 2 is 2.04 bits per heavy atom. The quantitative estimate of drug-likeness (QED) is 0.804. The van der Waals surface area contributed by atoms with Gasteiger partial charge in [-0.3, -0.25) is 10.1 Å². The van der Waals surface area contributed by atoms with E-state index in [1.807, 2.05) is 35.2 Å². The molecule has 26 heavy (non-hydrogen) atoms. The number of nitrogens with one attached hydrogen (secondary N) is 1. The van der Waals surface area contributed by atoms with Crippen LogP contribution in [-0.2, 0) is 6.42 Å². The number of rotatable bonds is 5. The van der Waals surface area contributed by atoms with E-state index in [0.29, 0.717) is 29.0 Å². The maximum Gasteiger partial charge on any atom is 0.257 e. The number of thiocarbonyl (C=S) groups is 1. The maximum atomic E-state index is 12.6. The second-order valence-electron chi connectivity index (χ2n) is 6.85. The molecule has 0 spiro atoms. The molecule has 3 rings (SSSR count). The van der Waals surface area contributed by atoms with Gasteiger partial charge in [0.25, 0.3) is 5.91 Å². The maximum absolute atomic E-state index is 12.6. The van der Waals surface area contributed by atoms with Crippen molar-refractivity contribution in [2.75, 3.05) is 18.1 Å². The molecule has 0 aliphatic carbocycles. The molecule has 1 N–H and O–H groups in total. The van der Waals surface area contributed by atoms with Crippen LogP contribution in [0.25, 0.3) is 0 Å². The molecule has 0 fully saturated rings. The highest BCUT2D eigenvalue weighted by Crippen LogP contribution is 2.27. The molecule has 4 nitrogen and oxygen atoms in total. The van der Waals surface area contributed by atoms with Gasteiger partial charge in [0.15, 0.2) is 5.11 Å². The van der Waals surface area contributed by atoms with E-state index in [9.17, 15) is 4.79 Å². The van der Waals surface area contributed by atoms with E-state index < -0.39 is 0 Å². The fraction of sp³-hybridized carbons (Fsp3) is 0.333. The van der Waals surface area contributed by atoms with Crippen LogP contribution in [0, 0.1) is 5.92 Å². The van der Waals surface area contributed by atoms with Gasteiger partial charge in [0.1, 0.15) is 5.75 Å². The molecule has 1 aliphatic heterocycles. The van der Waals surface area contributed by atoms with Gasteiger partial charge in [-0.05, 0) is 60.8 Å². The predicted octanol–water partition coefficient (Wildman–Crippen LogP) is 4.19. The first-order valence-electron chi connectivity index (χ1n) is 8.98. The summed E-state index contributed by atoms with van der Waals surface area (Å²) in [7, 11) is 0. The van der Waals surface area contributed by atoms with Crippen LogP contribution in [0.5, 0.6) is 5.75 Å². The largest absolute Gasteiger partial charge is 0.494 e. The number of benzene rings is 2. The third-order valence-corrected chi connectivity index (χ3v) is 4.74. The Morgan fingerprint density at radius 3 is 2.85 bits per heavy atom. The first-order valence-corrected chi connectivity index (χ1v) is 9.39. The molecule has 0 radical (unpaired) electrons. The summed E-state index contributed by atoms with van der Waals surface area (Å²) in [5.41, 5.74) is 2.87. The van der Waals surface area contributed by atoms with Crippen LogP contribution in [0.2, 0.25) is 0 Å². The molecule has 0 saturated heterocycles. The molecule has 1 heterocycles. The van der Waals surface area contributed by atoms with E-state index in [4.69, 9.17) is 17.0 Å². The summed E-state index contributed by atoms with van der Waals surface area (Å²) in [6.45, 7) is 5.75. The van der Waals surface area contributed by atoms with Crippen molar-refractivity contribution in [1.29, 1.82) is 0 Å².